The molecule has 0 bridgehead atoms. The molecular weight excluding hydrogens is 222 g/mol. The summed E-state index contributed by atoms with van der Waals surface area (Å²) in [5, 5.41) is 8.83. The van der Waals surface area contributed by atoms with Crippen LogP contribution in [0.1, 0.15) is 27.2 Å². The summed E-state index contributed by atoms with van der Waals surface area (Å²) in [7, 11) is 0. The van der Waals surface area contributed by atoms with Crippen molar-refractivity contribution in [2.75, 3.05) is 11.9 Å². The first kappa shape index (κ1) is 13.4. The highest BCUT2D eigenvalue weighted by atomic mass is 16.2. The molecule has 1 rings (SSSR count). The lowest BCUT2D eigenvalue weighted by atomic mass is 9.91. The fourth-order valence-electron chi connectivity index (χ4n) is 1.80. The number of hydrogen-bond acceptors (Lipinski definition) is 5. The maximum absolute atomic E-state index is 11.5. The molecule has 1 heterocycles. The van der Waals surface area contributed by atoms with Crippen LogP contribution in [0.3, 0.4) is 0 Å². The summed E-state index contributed by atoms with van der Waals surface area (Å²) in [4.78, 5) is 24.4. The van der Waals surface area contributed by atoms with Gasteiger partial charge in [-0.2, -0.15) is 0 Å². The zero-order chi connectivity index (χ0) is 13.1. The van der Waals surface area contributed by atoms with Crippen LogP contribution in [0.15, 0.2) is 9.59 Å². The lowest BCUT2D eigenvalue weighted by molar-refractivity contribution is 0.405. The van der Waals surface area contributed by atoms with E-state index < -0.39 is 16.8 Å². The molecule has 0 aromatic carbocycles. The second kappa shape index (κ2) is 5.13. The second-order valence-corrected chi connectivity index (χ2v) is 4.84. The summed E-state index contributed by atoms with van der Waals surface area (Å²) in [6, 6.07) is 0. The predicted molar refractivity (Wildman–Crippen MR) is 66.0 cm³/mol. The Morgan fingerprint density at radius 1 is 1.47 bits per heavy atom. The molecule has 0 radical (unpaired) electrons. The van der Waals surface area contributed by atoms with E-state index in [-0.39, 0.29) is 5.82 Å². The minimum Gasteiger partial charge on any atom is -0.358 e. The van der Waals surface area contributed by atoms with Crippen molar-refractivity contribution >= 4 is 5.82 Å². The summed E-state index contributed by atoms with van der Waals surface area (Å²) >= 11 is 0. The average molecular weight is 241 g/mol. The summed E-state index contributed by atoms with van der Waals surface area (Å²) in [6.07, 6.45) is 0.795. The predicted octanol–water partition coefficient (Wildman–Crippen LogP) is -0.366. The number of nitrogens with zero attached hydrogens (tertiary/aromatic N) is 1. The van der Waals surface area contributed by atoms with E-state index in [1.807, 2.05) is 6.92 Å². The normalized spacial score (nSPS) is 14.6. The van der Waals surface area contributed by atoms with Crippen LogP contribution < -0.4 is 22.3 Å². The van der Waals surface area contributed by atoms with Gasteiger partial charge in [0, 0.05) is 12.1 Å². The minimum atomic E-state index is -0.626. The largest absolute Gasteiger partial charge is 0.358 e. The average Bonchev–Trinajstić information content (AvgIpc) is 2.21. The van der Waals surface area contributed by atoms with Crippen molar-refractivity contribution in [2.24, 2.45) is 11.7 Å². The van der Waals surface area contributed by atoms with Crippen LogP contribution in [0.5, 0.6) is 0 Å². The first-order valence-corrected chi connectivity index (χ1v) is 5.53. The Kier molecular flexibility index (Phi) is 4.06. The van der Waals surface area contributed by atoms with Crippen LogP contribution in [0.25, 0.3) is 0 Å². The Hall–Kier alpha value is -1.63. The van der Waals surface area contributed by atoms with Gasteiger partial charge in [0.05, 0.1) is 0 Å². The fourth-order valence-corrected chi connectivity index (χ4v) is 1.80. The van der Waals surface area contributed by atoms with E-state index in [1.54, 1.807) is 0 Å². The lowest BCUT2D eigenvalue weighted by Gasteiger charge is -2.31. The molecule has 7 heteroatoms. The second-order valence-electron chi connectivity index (χ2n) is 4.84. The molecule has 0 spiro atoms. The Morgan fingerprint density at radius 2 is 2.12 bits per heavy atom. The summed E-state index contributed by atoms with van der Waals surface area (Å²) < 4.78 is 0. The Morgan fingerprint density at radius 3 is 2.59 bits per heavy atom. The summed E-state index contributed by atoms with van der Waals surface area (Å²) in [6.45, 7) is 6.42. The smallest absolute Gasteiger partial charge is 0.342 e. The maximum Gasteiger partial charge on any atom is 0.342 e. The monoisotopic (exact) mass is 241 g/mol. The van der Waals surface area contributed by atoms with E-state index in [1.165, 1.54) is 0 Å². The first-order chi connectivity index (χ1) is 7.86. The zero-order valence-electron chi connectivity index (χ0n) is 10.3. The van der Waals surface area contributed by atoms with Crippen molar-refractivity contribution in [3.63, 3.8) is 0 Å². The van der Waals surface area contributed by atoms with Crippen molar-refractivity contribution in [2.45, 2.75) is 32.7 Å². The summed E-state index contributed by atoms with van der Waals surface area (Å²) in [5.41, 5.74) is 4.11. The van der Waals surface area contributed by atoms with Gasteiger partial charge in [0.15, 0.2) is 0 Å². The molecular formula is C10H19N5O2. The lowest BCUT2D eigenvalue weighted by Crippen LogP contribution is -2.46. The third-order valence-electron chi connectivity index (χ3n) is 2.44. The molecule has 0 fully saturated rings. The van der Waals surface area contributed by atoms with E-state index >= 15 is 0 Å². The highest BCUT2D eigenvalue weighted by molar-refractivity contribution is 5.33. The SMILES string of the molecule is CC(C)CC(C)(CN)Nc1n[nH]c(=O)[nH]c1=O. The molecule has 0 aliphatic heterocycles. The maximum atomic E-state index is 11.5. The van der Waals surface area contributed by atoms with Crippen molar-refractivity contribution in [1.29, 1.82) is 0 Å². The third kappa shape index (κ3) is 3.70. The number of nitrogens with two attached hydrogens (primary N) is 1. The van der Waals surface area contributed by atoms with E-state index in [4.69, 9.17) is 5.73 Å². The van der Waals surface area contributed by atoms with Gasteiger partial charge in [-0.3, -0.25) is 9.78 Å². The molecule has 96 valence electrons. The molecule has 0 aliphatic carbocycles. The van der Waals surface area contributed by atoms with E-state index in [2.05, 4.69) is 34.3 Å². The quantitative estimate of drug-likeness (QED) is 0.561. The van der Waals surface area contributed by atoms with Crippen LogP contribution in [0.2, 0.25) is 0 Å². The molecule has 1 aromatic heterocycles. The number of aromatic amines is 2. The fraction of sp³-hybridized carbons (Fsp3) is 0.700. The number of hydrogen-bond donors (Lipinski definition) is 4. The van der Waals surface area contributed by atoms with Crippen molar-refractivity contribution in [3.8, 4) is 0 Å². The molecule has 0 saturated heterocycles. The number of rotatable bonds is 5. The van der Waals surface area contributed by atoms with Crippen LogP contribution in [-0.2, 0) is 0 Å². The van der Waals surface area contributed by atoms with Crippen molar-refractivity contribution in [3.05, 3.63) is 20.8 Å². The Balaban J connectivity index is 2.94. The Labute approximate surface area is 98.8 Å². The molecule has 0 aliphatic rings. The van der Waals surface area contributed by atoms with Gasteiger partial charge in [-0.1, -0.05) is 13.8 Å². The van der Waals surface area contributed by atoms with Crippen molar-refractivity contribution < 1.29 is 0 Å². The molecule has 17 heavy (non-hydrogen) atoms. The van der Waals surface area contributed by atoms with Crippen LogP contribution in [0.4, 0.5) is 5.82 Å². The number of aromatic nitrogens is 3. The van der Waals surface area contributed by atoms with Crippen LogP contribution >= 0.6 is 0 Å². The van der Waals surface area contributed by atoms with Crippen LogP contribution in [-0.4, -0.2) is 27.3 Å². The molecule has 0 saturated carbocycles. The van der Waals surface area contributed by atoms with Gasteiger partial charge in [-0.05, 0) is 19.3 Å². The summed E-state index contributed by atoms with van der Waals surface area (Å²) in [5.74, 6) is 0.510. The molecule has 1 atom stereocenters. The van der Waals surface area contributed by atoms with Crippen molar-refractivity contribution in [1.82, 2.24) is 15.2 Å². The van der Waals surface area contributed by atoms with E-state index in [0.29, 0.717) is 12.5 Å². The third-order valence-corrected chi connectivity index (χ3v) is 2.44. The number of anilines is 1. The topological polar surface area (TPSA) is 117 Å². The van der Waals surface area contributed by atoms with Gasteiger partial charge in [0.2, 0.25) is 5.82 Å². The number of H-pyrrole nitrogens is 2. The van der Waals surface area contributed by atoms with Gasteiger partial charge < -0.3 is 11.1 Å². The molecule has 5 N–H and O–H groups in total. The molecule has 1 unspecified atom stereocenters. The highest BCUT2D eigenvalue weighted by Gasteiger charge is 2.25. The van der Waals surface area contributed by atoms with Gasteiger partial charge >= 0.3 is 5.69 Å². The number of nitrogens with one attached hydrogen (secondary N) is 3. The zero-order valence-corrected chi connectivity index (χ0v) is 10.3. The first-order valence-electron chi connectivity index (χ1n) is 5.53. The van der Waals surface area contributed by atoms with Crippen LogP contribution in [0, 0.1) is 5.92 Å². The van der Waals surface area contributed by atoms with E-state index in [9.17, 15) is 9.59 Å². The van der Waals surface area contributed by atoms with Gasteiger partial charge in [0.1, 0.15) is 0 Å². The standard InChI is InChI=1S/C10H19N5O2/c1-6(2)4-10(3,5-11)13-7-8(16)12-9(17)15-14-7/h6H,4-5,11H2,1-3H3,(H,13,14)(H2,12,15,16,17). The van der Waals surface area contributed by atoms with E-state index in [0.717, 1.165) is 6.42 Å². The molecule has 0 amide bonds. The molecule has 7 nitrogen and oxygen atoms in total. The van der Waals surface area contributed by atoms with Gasteiger partial charge in [0.25, 0.3) is 5.56 Å². The highest BCUT2D eigenvalue weighted by Crippen LogP contribution is 2.18. The Bertz CT molecular complexity index is 478. The minimum absolute atomic E-state index is 0.0817. The van der Waals surface area contributed by atoms with Gasteiger partial charge in [-0.25, -0.2) is 9.89 Å². The molecule has 1 aromatic rings. The van der Waals surface area contributed by atoms with Gasteiger partial charge in [-0.15, -0.1) is 5.10 Å².